The second-order valence-electron chi connectivity index (χ2n) is 4.75. The lowest BCUT2D eigenvalue weighted by Gasteiger charge is -2.31. The van der Waals surface area contributed by atoms with Crippen molar-refractivity contribution in [2.45, 2.75) is 37.1 Å². The van der Waals surface area contributed by atoms with E-state index in [0.717, 1.165) is 12.8 Å². The zero-order chi connectivity index (χ0) is 11.2. The normalized spacial score (nSPS) is 27.5. The summed E-state index contributed by atoms with van der Waals surface area (Å²) in [5.41, 5.74) is 0.670. The van der Waals surface area contributed by atoms with Gasteiger partial charge < -0.3 is 5.32 Å². The first-order chi connectivity index (χ1) is 7.67. The van der Waals surface area contributed by atoms with Crippen molar-refractivity contribution in [1.82, 2.24) is 15.1 Å². The molecule has 1 unspecified atom stereocenters. The zero-order valence-corrected chi connectivity index (χ0v) is 10.2. The van der Waals surface area contributed by atoms with Crippen LogP contribution in [0, 0.1) is 0 Å². The number of rotatable bonds is 2. The molecule has 2 fully saturated rings. The summed E-state index contributed by atoms with van der Waals surface area (Å²) in [6, 6.07) is 0.457. The van der Waals surface area contributed by atoms with E-state index in [-0.39, 0.29) is 18.8 Å². The third kappa shape index (κ3) is 2.45. The minimum atomic E-state index is -2.59. The molecule has 1 saturated carbocycles. The Labute approximate surface area is 105 Å². The Kier molecular flexibility index (Phi) is 3.41. The molecule has 1 aromatic rings. The van der Waals surface area contributed by atoms with Crippen molar-refractivity contribution in [1.29, 1.82) is 0 Å². The van der Waals surface area contributed by atoms with Crippen molar-refractivity contribution in [2.24, 2.45) is 0 Å². The van der Waals surface area contributed by atoms with Crippen molar-refractivity contribution in [3.8, 4) is 0 Å². The van der Waals surface area contributed by atoms with E-state index in [2.05, 4.69) is 10.4 Å². The maximum Gasteiger partial charge on any atom is 0.257 e. The van der Waals surface area contributed by atoms with E-state index >= 15 is 0 Å². The third-order valence-electron chi connectivity index (χ3n) is 3.44. The van der Waals surface area contributed by atoms with Gasteiger partial charge in [-0.2, -0.15) is 5.10 Å². The third-order valence-corrected chi connectivity index (χ3v) is 3.44. The van der Waals surface area contributed by atoms with E-state index in [1.165, 1.54) is 0 Å². The number of halogens is 3. The second kappa shape index (κ2) is 4.53. The van der Waals surface area contributed by atoms with Crippen LogP contribution in [0.2, 0.25) is 0 Å². The van der Waals surface area contributed by atoms with Gasteiger partial charge in [-0.15, -0.1) is 12.4 Å². The standard InChI is InChI=1S/C11H15F2N3.ClH/c12-11(13)3-4-14-6-10(11)8-5-15-16(7-8)9-1-2-9;/h5,7,9-10,14H,1-4,6H2;1H. The Morgan fingerprint density at radius 3 is 2.82 bits per heavy atom. The molecule has 2 heterocycles. The molecule has 1 atom stereocenters. The average molecular weight is 264 g/mol. The quantitative estimate of drug-likeness (QED) is 0.888. The molecular weight excluding hydrogens is 248 g/mol. The Bertz CT molecular complexity index is 390. The van der Waals surface area contributed by atoms with Crippen molar-refractivity contribution < 1.29 is 8.78 Å². The molecule has 3 rings (SSSR count). The summed E-state index contributed by atoms with van der Waals surface area (Å²) >= 11 is 0. The summed E-state index contributed by atoms with van der Waals surface area (Å²) in [6.45, 7) is 0.754. The van der Waals surface area contributed by atoms with Crippen LogP contribution in [0.5, 0.6) is 0 Å². The van der Waals surface area contributed by atoms with Gasteiger partial charge in [-0.1, -0.05) is 0 Å². The molecular formula is C11H16ClF2N3. The van der Waals surface area contributed by atoms with Crippen LogP contribution in [0.25, 0.3) is 0 Å². The predicted octanol–water partition coefficient (Wildman–Crippen LogP) is 2.35. The van der Waals surface area contributed by atoms with Crippen molar-refractivity contribution in [3.63, 3.8) is 0 Å². The highest BCUT2D eigenvalue weighted by molar-refractivity contribution is 5.85. The van der Waals surface area contributed by atoms with Gasteiger partial charge in [0.25, 0.3) is 5.92 Å². The summed E-state index contributed by atoms with van der Waals surface area (Å²) in [5.74, 6) is -3.31. The highest BCUT2D eigenvalue weighted by Gasteiger charge is 2.43. The molecule has 0 aromatic carbocycles. The number of hydrogen-bond donors (Lipinski definition) is 1. The van der Waals surface area contributed by atoms with E-state index in [9.17, 15) is 8.78 Å². The first-order valence-corrected chi connectivity index (χ1v) is 5.79. The fourth-order valence-corrected chi connectivity index (χ4v) is 2.26. The second-order valence-corrected chi connectivity index (χ2v) is 4.75. The molecule has 0 radical (unpaired) electrons. The SMILES string of the molecule is Cl.FC1(F)CCNCC1c1cnn(C2CC2)c1. The molecule has 1 N–H and O–H groups in total. The summed E-state index contributed by atoms with van der Waals surface area (Å²) < 4.78 is 29.2. The summed E-state index contributed by atoms with van der Waals surface area (Å²) in [6.07, 6.45) is 5.57. The number of alkyl halides is 2. The van der Waals surface area contributed by atoms with E-state index in [1.54, 1.807) is 12.4 Å². The highest BCUT2D eigenvalue weighted by atomic mass is 35.5. The molecule has 2 aliphatic rings. The van der Waals surface area contributed by atoms with Gasteiger partial charge >= 0.3 is 0 Å². The van der Waals surface area contributed by atoms with Crippen LogP contribution in [0.15, 0.2) is 12.4 Å². The Balaban J connectivity index is 0.00000108. The molecule has 1 saturated heterocycles. The summed E-state index contributed by atoms with van der Waals surface area (Å²) in [7, 11) is 0. The number of aromatic nitrogens is 2. The fraction of sp³-hybridized carbons (Fsp3) is 0.727. The fourth-order valence-electron chi connectivity index (χ4n) is 2.26. The molecule has 1 aromatic heterocycles. The predicted molar refractivity (Wildman–Crippen MR) is 62.9 cm³/mol. The first-order valence-electron chi connectivity index (χ1n) is 5.79. The van der Waals surface area contributed by atoms with Gasteiger partial charge in [0.05, 0.1) is 18.2 Å². The Morgan fingerprint density at radius 1 is 1.41 bits per heavy atom. The largest absolute Gasteiger partial charge is 0.316 e. The van der Waals surface area contributed by atoms with Gasteiger partial charge in [0, 0.05) is 31.3 Å². The number of piperidine rings is 1. The smallest absolute Gasteiger partial charge is 0.257 e. The first kappa shape index (κ1) is 12.8. The lowest BCUT2D eigenvalue weighted by atomic mass is 9.90. The van der Waals surface area contributed by atoms with E-state index in [1.807, 2.05) is 4.68 Å². The van der Waals surface area contributed by atoms with Crippen LogP contribution < -0.4 is 5.32 Å². The highest BCUT2D eigenvalue weighted by Crippen LogP contribution is 2.39. The minimum absolute atomic E-state index is 0. The topological polar surface area (TPSA) is 29.9 Å². The van der Waals surface area contributed by atoms with Gasteiger partial charge in [0.15, 0.2) is 0 Å². The van der Waals surface area contributed by atoms with Gasteiger partial charge in [-0.25, -0.2) is 8.78 Å². The number of hydrogen-bond acceptors (Lipinski definition) is 2. The van der Waals surface area contributed by atoms with Crippen LogP contribution in [-0.4, -0.2) is 28.8 Å². The molecule has 0 amide bonds. The molecule has 0 bridgehead atoms. The lowest BCUT2D eigenvalue weighted by Crippen LogP contribution is -2.42. The van der Waals surface area contributed by atoms with E-state index in [4.69, 9.17) is 0 Å². The Hall–Kier alpha value is -0.680. The molecule has 3 nitrogen and oxygen atoms in total. The zero-order valence-electron chi connectivity index (χ0n) is 9.40. The van der Waals surface area contributed by atoms with Crippen LogP contribution >= 0.6 is 12.4 Å². The van der Waals surface area contributed by atoms with Crippen molar-refractivity contribution >= 4 is 12.4 Å². The van der Waals surface area contributed by atoms with Crippen LogP contribution in [-0.2, 0) is 0 Å². The van der Waals surface area contributed by atoms with Gasteiger partial charge in [-0.3, -0.25) is 4.68 Å². The average Bonchev–Trinajstić information content (AvgIpc) is 2.98. The monoisotopic (exact) mass is 263 g/mol. The maximum absolute atomic E-state index is 13.7. The van der Waals surface area contributed by atoms with E-state index in [0.29, 0.717) is 24.7 Å². The molecule has 96 valence electrons. The van der Waals surface area contributed by atoms with Crippen LogP contribution in [0.1, 0.15) is 36.8 Å². The van der Waals surface area contributed by atoms with Gasteiger partial charge in [-0.05, 0) is 12.8 Å². The lowest BCUT2D eigenvalue weighted by molar-refractivity contribution is -0.0479. The molecule has 1 aliphatic heterocycles. The Morgan fingerprint density at radius 2 is 2.18 bits per heavy atom. The van der Waals surface area contributed by atoms with E-state index < -0.39 is 11.8 Å². The van der Waals surface area contributed by atoms with Crippen molar-refractivity contribution in [2.75, 3.05) is 13.1 Å². The molecule has 6 heteroatoms. The summed E-state index contributed by atoms with van der Waals surface area (Å²) in [4.78, 5) is 0. The maximum atomic E-state index is 13.7. The summed E-state index contributed by atoms with van der Waals surface area (Å²) in [5, 5.41) is 7.20. The minimum Gasteiger partial charge on any atom is -0.316 e. The van der Waals surface area contributed by atoms with Gasteiger partial charge in [0.2, 0.25) is 0 Å². The van der Waals surface area contributed by atoms with Gasteiger partial charge in [0.1, 0.15) is 0 Å². The van der Waals surface area contributed by atoms with Crippen molar-refractivity contribution in [3.05, 3.63) is 18.0 Å². The number of nitrogens with one attached hydrogen (secondary N) is 1. The van der Waals surface area contributed by atoms with Crippen LogP contribution in [0.4, 0.5) is 8.78 Å². The molecule has 0 spiro atoms. The molecule has 17 heavy (non-hydrogen) atoms. The molecule has 1 aliphatic carbocycles. The number of nitrogens with zero attached hydrogens (tertiary/aromatic N) is 2. The van der Waals surface area contributed by atoms with Crippen LogP contribution in [0.3, 0.4) is 0 Å².